The van der Waals surface area contributed by atoms with Crippen LogP contribution in [0.1, 0.15) is 5.56 Å². The molecule has 4 rings (SSSR count). The minimum absolute atomic E-state index is 0.477. The smallest absolute Gasteiger partial charge is 0.229 e. The van der Waals surface area contributed by atoms with Crippen molar-refractivity contribution in [2.24, 2.45) is 0 Å². The van der Waals surface area contributed by atoms with Crippen LogP contribution < -0.4 is 10.6 Å². The first-order valence-corrected chi connectivity index (χ1v) is 9.71. The minimum Gasteiger partial charge on any atom is -0.369 e. The lowest BCUT2D eigenvalue weighted by molar-refractivity contribution is 1.01. The third-order valence-electron chi connectivity index (χ3n) is 4.33. The Kier molecular flexibility index (Phi) is 5.60. The van der Waals surface area contributed by atoms with Gasteiger partial charge >= 0.3 is 0 Å². The zero-order valence-electron chi connectivity index (χ0n) is 15.0. The fraction of sp³-hybridized carbons (Fsp3) is 0.0909. The second-order valence-electron chi connectivity index (χ2n) is 6.32. The van der Waals surface area contributed by atoms with Gasteiger partial charge in [-0.2, -0.15) is 4.98 Å². The van der Waals surface area contributed by atoms with Crippen molar-refractivity contribution in [2.75, 3.05) is 17.2 Å². The molecule has 0 atom stereocenters. The number of halogens is 2. The largest absolute Gasteiger partial charge is 0.369 e. The lowest BCUT2D eigenvalue weighted by Gasteiger charge is -2.13. The monoisotopic (exact) mass is 408 g/mol. The second kappa shape index (κ2) is 8.46. The van der Waals surface area contributed by atoms with E-state index < -0.39 is 0 Å². The number of fused-ring (bicyclic) bond motifs is 1. The van der Waals surface area contributed by atoms with Crippen LogP contribution in [0.5, 0.6) is 0 Å². The summed E-state index contributed by atoms with van der Waals surface area (Å²) in [6.07, 6.45) is 0.908. The third-order valence-corrected chi connectivity index (χ3v) is 4.88. The van der Waals surface area contributed by atoms with Crippen molar-refractivity contribution >= 4 is 51.6 Å². The molecule has 0 fully saturated rings. The van der Waals surface area contributed by atoms with Gasteiger partial charge in [0.2, 0.25) is 5.95 Å². The predicted molar refractivity (Wildman–Crippen MR) is 118 cm³/mol. The maximum Gasteiger partial charge on any atom is 0.229 e. The Hall–Kier alpha value is -2.82. The van der Waals surface area contributed by atoms with Gasteiger partial charge in [-0.15, -0.1) is 0 Å². The van der Waals surface area contributed by atoms with E-state index >= 15 is 0 Å². The molecule has 0 amide bonds. The van der Waals surface area contributed by atoms with Crippen molar-refractivity contribution in [3.8, 4) is 0 Å². The highest BCUT2D eigenvalue weighted by Crippen LogP contribution is 2.29. The molecule has 0 radical (unpaired) electrons. The molecule has 3 aromatic carbocycles. The molecule has 0 unspecified atom stereocenters. The standard InChI is InChI=1S/C22H18Cl2N4/c23-16-10-11-20(18(24)14-16)27-22-26-19-9-5-4-8-17(19)21(28-22)25-13-12-15-6-2-1-3-7-15/h1-11,14H,12-13H2,(H2,25,26,27,28). The van der Waals surface area contributed by atoms with Crippen LogP contribution in [0.25, 0.3) is 10.9 Å². The van der Waals surface area contributed by atoms with Crippen molar-refractivity contribution in [2.45, 2.75) is 6.42 Å². The highest BCUT2D eigenvalue weighted by molar-refractivity contribution is 6.36. The van der Waals surface area contributed by atoms with Gasteiger partial charge in [0.05, 0.1) is 16.2 Å². The highest BCUT2D eigenvalue weighted by atomic mass is 35.5. The van der Waals surface area contributed by atoms with Crippen LogP contribution in [-0.2, 0) is 6.42 Å². The van der Waals surface area contributed by atoms with Gasteiger partial charge in [-0.05, 0) is 42.3 Å². The van der Waals surface area contributed by atoms with E-state index in [0.29, 0.717) is 21.7 Å². The molecule has 4 nitrogen and oxygen atoms in total. The molecular formula is C22H18Cl2N4. The average molecular weight is 409 g/mol. The summed E-state index contributed by atoms with van der Waals surface area (Å²) < 4.78 is 0. The molecule has 1 aromatic heterocycles. The molecule has 0 saturated heterocycles. The number of benzene rings is 3. The molecule has 4 aromatic rings. The number of aromatic nitrogens is 2. The van der Waals surface area contributed by atoms with Crippen LogP contribution in [0.2, 0.25) is 10.0 Å². The Morgan fingerprint density at radius 3 is 2.43 bits per heavy atom. The van der Waals surface area contributed by atoms with Crippen LogP contribution >= 0.6 is 23.2 Å². The highest BCUT2D eigenvalue weighted by Gasteiger charge is 2.09. The van der Waals surface area contributed by atoms with E-state index in [1.165, 1.54) is 5.56 Å². The molecule has 28 heavy (non-hydrogen) atoms. The van der Waals surface area contributed by atoms with Crippen LogP contribution in [0.3, 0.4) is 0 Å². The van der Waals surface area contributed by atoms with Gasteiger partial charge < -0.3 is 10.6 Å². The van der Waals surface area contributed by atoms with Crippen LogP contribution in [-0.4, -0.2) is 16.5 Å². The summed E-state index contributed by atoms with van der Waals surface area (Å²) in [6.45, 7) is 0.770. The third kappa shape index (κ3) is 4.35. The predicted octanol–water partition coefficient (Wildman–Crippen LogP) is 6.33. The Bertz CT molecular complexity index is 1100. The van der Waals surface area contributed by atoms with Crippen molar-refractivity contribution in [1.82, 2.24) is 9.97 Å². The molecule has 0 aliphatic heterocycles. The van der Waals surface area contributed by atoms with Gasteiger partial charge in [0.15, 0.2) is 0 Å². The molecule has 2 N–H and O–H groups in total. The fourth-order valence-corrected chi connectivity index (χ4v) is 3.40. The molecule has 0 bridgehead atoms. The zero-order valence-corrected chi connectivity index (χ0v) is 16.5. The Labute approximate surface area is 173 Å². The molecule has 0 spiro atoms. The van der Waals surface area contributed by atoms with Crippen molar-refractivity contribution < 1.29 is 0 Å². The molecule has 0 aliphatic rings. The van der Waals surface area contributed by atoms with Gasteiger partial charge in [0.1, 0.15) is 5.82 Å². The maximum atomic E-state index is 6.27. The molecule has 140 valence electrons. The van der Waals surface area contributed by atoms with E-state index in [1.807, 2.05) is 48.5 Å². The number of anilines is 3. The van der Waals surface area contributed by atoms with Crippen LogP contribution in [0, 0.1) is 0 Å². The van der Waals surface area contributed by atoms with E-state index in [0.717, 1.165) is 29.7 Å². The maximum absolute atomic E-state index is 6.27. The van der Waals surface area contributed by atoms with E-state index in [9.17, 15) is 0 Å². The molecule has 6 heteroatoms. The lowest BCUT2D eigenvalue weighted by atomic mass is 10.1. The quantitative estimate of drug-likeness (QED) is 0.391. The average Bonchev–Trinajstić information content (AvgIpc) is 2.71. The summed E-state index contributed by atoms with van der Waals surface area (Å²) in [5.41, 5.74) is 2.84. The number of hydrogen-bond donors (Lipinski definition) is 2. The summed E-state index contributed by atoms with van der Waals surface area (Å²) in [6, 6.07) is 23.6. The summed E-state index contributed by atoms with van der Waals surface area (Å²) in [4.78, 5) is 9.27. The normalized spacial score (nSPS) is 10.8. The van der Waals surface area contributed by atoms with Crippen molar-refractivity contribution in [1.29, 1.82) is 0 Å². The van der Waals surface area contributed by atoms with Crippen LogP contribution in [0.4, 0.5) is 17.5 Å². The van der Waals surface area contributed by atoms with Gasteiger partial charge in [-0.3, -0.25) is 0 Å². The Morgan fingerprint density at radius 1 is 0.821 bits per heavy atom. The van der Waals surface area contributed by atoms with Crippen LogP contribution in [0.15, 0.2) is 72.8 Å². The molecule has 0 aliphatic carbocycles. The summed E-state index contributed by atoms with van der Waals surface area (Å²) in [5, 5.41) is 8.70. The van der Waals surface area contributed by atoms with E-state index in [-0.39, 0.29) is 0 Å². The SMILES string of the molecule is Clc1ccc(Nc2nc(NCCc3ccccc3)c3ccccc3n2)c(Cl)c1. The number of nitrogens with zero attached hydrogens (tertiary/aromatic N) is 2. The summed E-state index contributed by atoms with van der Waals surface area (Å²) in [7, 11) is 0. The molecular weight excluding hydrogens is 391 g/mol. The van der Waals surface area contributed by atoms with E-state index in [2.05, 4.69) is 32.7 Å². The Balaban J connectivity index is 1.59. The summed E-state index contributed by atoms with van der Waals surface area (Å²) in [5.74, 6) is 1.26. The summed E-state index contributed by atoms with van der Waals surface area (Å²) >= 11 is 12.2. The molecule has 0 saturated carbocycles. The first kappa shape index (κ1) is 18.5. The number of hydrogen-bond acceptors (Lipinski definition) is 4. The Morgan fingerprint density at radius 2 is 1.61 bits per heavy atom. The topological polar surface area (TPSA) is 49.8 Å². The van der Waals surface area contributed by atoms with Crippen molar-refractivity contribution in [3.05, 3.63) is 88.4 Å². The number of nitrogens with one attached hydrogen (secondary N) is 2. The lowest BCUT2D eigenvalue weighted by Crippen LogP contribution is -2.09. The van der Waals surface area contributed by atoms with E-state index in [4.69, 9.17) is 23.2 Å². The number of para-hydroxylation sites is 1. The number of rotatable bonds is 6. The first-order valence-electron chi connectivity index (χ1n) is 8.96. The molecule has 1 heterocycles. The van der Waals surface area contributed by atoms with Gasteiger partial charge in [0, 0.05) is 17.0 Å². The fourth-order valence-electron chi connectivity index (χ4n) is 2.95. The van der Waals surface area contributed by atoms with Gasteiger partial charge in [-0.25, -0.2) is 4.98 Å². The first-order chi connectivity index (χ1) is 13.7. The zero-order chi connectivity index (χ0) is 19.3. The second-order valence-corrected chi connectivity index (χ2v) is 7.17. The van der Waals surface area contributed by atoms with Gasteiger partial charge in [-0.1, -0.05) is 65.7 Å². The van der Waals surface area contributed by atoms with E-state index in [1.54, 1.807) is 12.1 Å². The van der Waals surface area contributed by atoms with Gasteiger partial charge in [0.25, 0.3) is 0 Å². The van der Waals surface area contributed by atoms with Crippen molar-refractivity contribution in [3.63, 3.8) is 0 Å². The minimum atomic E-state index is 0.477.